The number of aliphatic carboxylic acids is 1. The molecule has 1 saturated carbocycles. The van der Waals surface area contributed by atoms with Crippen LogP contribution in [0.1, 0.15) is 80.4 Å². The number of hydrogen-bond acceptors (Lipinski definition) is 5. The molecule has 8 heteroatoms. The van der Waals surface area contributed by atoms with E-state index in [0.717, 1.165) is 54.3 Å². The summed E-state index contributed by atoms with van der Waals surface area (Å²) in [6.45, 7) is 7.20. The SMILES string of the molecule is C.Cc1ccccc1-c1cc(CN(C(C)C)C2(Cc3ccccc3)CCCC2)ccc1C(=O)N[C@@H](CCS(C)(=O)=O)C(=O)O. The number of carboxylic acid groups (broad SMARTS) is 1. The number of carbonyl (C=O) groups excluding carboxylic acids is 1. The fourth-order valence-corrected chi connectivity index (χ4v) is 7.14. The number of nitrogens with one attached hydrogen (secondary N) is 1. The van der Waals surface area contributed by atoms with Gasteiger partial charge in [-0.1, -0.05) is 80.9 Å². The lowest BCUT2D eigenvalue weighted by Crippen LogP contribution is -2.51. The fraction of sp³-hybridized carbons (Fsp3) is 0.444. The molecule has 1 aliphatic rings. The molecule has 0 heterocycles. The maximum atomic E-state index is 13.6. The van der Waals surface area contributed by atoms with E-state index in [0.29, 0.717) is 11.6 Å². The van der Waals surface area contributed by atoms with Gasteiger partial charge in [0.05, 0.1) is 5.75 Å². The van der Waals surface area contributed by atoms with Gasteiger partial charge in [-0.05, 0) is 86.4 Å². The topological polar surface area (TPSA) is 104 Å². The number of carboxylic acids is 1. The van der Waals surface area contributed by atoms with E-state index >= 15 is 0 Å². The molecule has 44 heavy (non-hydrogen) atoms. The van der Waals surface area contributed by atoms with Crippen molar-refractivity contribution < 1.29 is 23.1 Å². The molecular formula is C36H48N2O5S. The minimum absolute atomic E-state index is 0. The monoisotopic (exact) mass is 620 g/mol. The van der Waals surface area contributed by atoms with Crippen molar-refractivity contribution >= 4 is 21.7 Å². The Morgan fingerprint density at radius 2 is 1.57 bits per heavy atom. The molecule has 3 aromatic rings. The lowest BCUT2D eigenvalue weighted by atomic mass is 9.85. The standard InChI is InChI=1S/C35H44N2O5S.CH4/c1-25(2)37(35(19-10-11-20-35)23-27-13-6-5-7-14-27)24-28-16-17-30(31(22-28)29-15-9-8-12-26(29)3)33(38)36-32(34(39)40)18-21-43(4,41)42;/h5-9,12-17,22,25,32H,10-11,18-21,23-24H2,1-4H3,(H,36,38)(H,39,40);1H4/t32-;/m0./s1. The van der Waals surface area contributed by atoms with Gasteiger partial charge in [-0.25, -0.2) is 13.2 Å². The van der Waals surface area contributed by atoms with Crippen LogP contribution in [0.2, 0.25) is 0 Å². The van der Waals surface area contributed by atoms with Crippen LogP contribution in [0.15, 0.2) is 72.8 Å². The van der Waals surface area contributed by atoms with E-state index in [1.54, 1.807) is 6.07 Å². The van der Waals surface area contributed by atoms with Gasteiger partial charge in [-0.3, -0.25) is 9.69 Å². The second kappa shape index (κ2) is 15.0. The first-order valence-electron chi connectivity index (χ1n) is 15.1. The predicted molar refractivity (Wildman–Crippen MR) is 179 cm³/mol. The Morgan fingerprint density at radius 1 is 0.932 bits per heavy atom. The summed E-state index contributed by atoms with van der Waals surface area (Å²) in [6.07, 6.45) is 6.51. The highest BCUT2D eigenvalue weighted by Gasteiger charge is 2.40. The second-order valence-electron chi connectivity index (χ2n) is 12.3. The molecule has 0 radical (unpaired) electrons. The number of benzene rings is 3. The Kier molecular flexibility index (Phi) is 11.9. The first-order chi connectivity index (χ1) is 20.4. The number of sulfone groups is 1. The Hall–Kier alpha value is -3.49. The molecule has 2 N–H and O–H groups in total. The van der Waals surface area contributed by atoms with E-state index in [-0.39, 0.29) is 25.1 Å². The summed E-state index contributed by atoms with van der Waals surface area (Å²) < 4.78 is 23.3. The molecule has 0 saturated heterocycles. The Labute approximate surface area is 263 Å². The number of aryl methyl sites for hydroxylation is 1. The molecule has 1 amide bonds. The first-order valence-corrected chi connectivity index (χ1v) is 17.2. The van der Waals surface area contributed by atoms with Gasteiger partial charge in [-0.15, -0.1) is 0 Å². The number of hydrogen-bond donors (Lipinski definition) is 2. The quantitative estimate of drug-likeness (QED) is 0.221. The van der Waals surface area contributed by atoms with E-state index in [9.17, 15) is 23.1 Å². The summed E-state index contributed by atoms with van der Waals surface area (Å²) in [5.41, 5.74) is 5.45. The van der Waals surface area contributed by atoms with Gasteiger partial charge in [0.2, 0.25) is 0 Å². The Bertz CT molecular complexity index is 1530. The van der Waals surface area contributed by atoms with Crippen molar-refractivity contribution in [3.63, 3.8) is 0 Å². The highest BCUT2D eigenvalue weighted by molar-refractivity contribution is 7.90. The Morgan fingerprint density at radius 3 is 2.16 bits per heavy atom. The van der Waals surface area contributed by atoms with E-state index in [1.165, 1.54) is 18.4 Å². The van der Waals surface area contributed by atoms with Crippen molar-refractivity contribution in [1.29, 1.82) is 0 Å². The van der Waals surface area contributed by atoms with Crippen LogP contribution in [-0.2, 0) is 27.6 Å². The summed E-state index contributed by atoms with van der Waals surface area (Å²) in [7, 11) is -3.39. The zero-order chi connectivity index (χ0) is 31.2. The largest absolute Gasteiger partial charge is 0.480 e. The number of nitrogens with zero attached hydrogens (tertiary/aromatic N) is 1. The van der Waals surface area contributed by atoms with Gasteiger partial charge in [0.25, 0.3) is 5.91 Å². The van der Waals surface area contributed by atoms with Gasteiger partial charge in [-0.2, -0.15) is 0 Å². The van der Waals surface area contributed by atoms with Crippen molar-refractivity contribution in [3.05, 3.63) is 95.1 Å². The molecule has 0 bridgehead atoms. The minimum Gasteiger partial charge on any atom is -0.480 e. The van der Waals surface area contributed by atoms with Gasteiger partial charge >= 0.3 is 5.97 Å². The van der Waals surface area contributed by atoms with E-state index in [1.807, 2.05) is 37.3 Å². The van der Waals surface area contributed by atoms with Crippen LogP contribution >= 0.6 is 0 Å². The van der Waals surface area contributed by atoms with Crippen molar-refractivity contribution in [3.8, 4) is 11.1 Å². The smallest absolute Gasteiger partial charge is 0.326 e. The predicted octanol–water partition coefficient (Wildman–Crippen LogP) is 6.68. The van der Waals surface area contributed by atoms with Crippen LogP contribution in [0, 0.1) is 6.92 Å². The van der Waals surface area contributed by atoms with Crippen LogP contribution in [0.3, 0.4) is 0 Å². The molecule has 0 aromatic heterocycles. The maximum Gasteiger partial charge on any atom is 0.326 e. The van der Waals surface area contributed by atoms with E-state index < -0.39 is 27.8 Å². The molecule has 3 aromatic carbocycles. The zero-order valence-corrected chi connectivity index (χ0v) is 26.5. The van der Waals surface area contributed by atoms with Crippen molar-refractivity contribution in [2.75, 3.05) is 12.0 Å². The summed E-state index contributed by atoms with van der Waals surface area (Å²) in [5, 5.41) is 12.3. The highest BCUT2D eigenvalue weighted by atomic mass is 32.2. The normalized spacial score (nSPS) is 15.1. The van der Waals surface area contributed by atoms with Crippen LogP contribution < -0.4 is 5.32 Å². The zero-order valence-electron chi connectivity index (χ0n) is 25.7. The van der Waals surface area contributed by atoms with Gasteiger partial charge < -0.3 is 10.4 Å². The van der Waals surface area contributed by atoms with Crippen molar-refractivity contribution in [1.82, 2.24) is 10.2 Å². The van der Waals surface area contributed by atoms with Crippen LogP contribution in [0.4, 0.5) is 0 Å². The fourth-order valence-electron chi connectivity index (χ4n) is 6.48. The number of rotatable bonds is 13. The second-order valence-corrected chi connectivity index (χ2v) is 14.6. The molecule has 1 atom stereocenters. The first kappa shape index (κ1) is 35.0. The van der Waals surface area contributed by atoms with Gasteiger partial charge in [0.1, 0.15) is 15.9 Å². The molecular weight excluding hydrogens is 572 g/mol. The average Bonchev–Trinajstić information content (AvgIpc) is 3.42. The molecule has 4 rings (SSSR count). The van der Waals surface area contributed by atoms with Gasteiger partial charge in [0, 0.05) is 29.9 Å². The third-order valence-corrected chi connectivity index (χ3v) is 9.62. The molecule has 1 aliphatic carbocycles. The average molecular weight is 621 g/mol. The summed E-state index contributed by atoms with van der Waals surface area (Å²) in [5.74, 6) is -2.13. The minimum atomic E-state index is -3.39. The molecule has 0 aliphatic heterocycles. The van der Waals surface area contributed by atoms with E-state index in [4.69, 9.17) is 0 Å². The maximum absolute atomic E-state index is 13.6. The summed E-state index contributed by atoms with van der Waals surface area (Å²) in [6, 6.07) is 23.3. The van der Waals surface area contributed by atoms with E-state index in [2.05, 4.69) is 60.5 Å². The lowest BCUT2D eigenvalue weighted by Gasteiger charge is -2.45. The lowest BCUT2D eigenvalue weighted by molar-refractivity contribution is -0.139. The summed E-state index contributed by atoms with van der Waals surface area (Å²) in [4.78, 5) is 28.1. The molecule has 7 nitrogen and oxygen atoms in total. The summed E-state index contributed by atoms with van der Waals surface area (Å²) >= 11 is 0. The third kappa shape index (κ3) is 8.79. The van der Waals surface area contributed by atoms with Crippen molar-refractivity contribution in [2.24, 2.45) is 0 Å². The van der Waals surface area contributed by atoms with Crippen LogP contribution in [-0.4, -0.2) is 59.9 Å². The number of carbonyl (C=O) groups is 2. The van der Waals surface area contributed by atoms with Crippen LogP contribution in [0.25, 0.3) is 11.1 Å². The number of amides is 1. The van der Waals surface area contributed by atoms with Gasteiger partial charge in [0.15, 0.2) is 0 Å². The Balaban J connectivity index is 0.00000529. The molecule has 0 unspecified atom stereocenters. The molecule has 0 spiro atoms. The van der Waals surface area contributed by atoms with Crippen LogP contribution in [0.5, 0.6) is 0 Å². The van der Waals surface area contributed by atoms with Crippen molar-refractivity contribution in [2.45, 2.75) is 90.9 Å². The molecule has 1 fully saturated rings. The highest BCUT2D eigenvalue weighted by Crippen LogP contribution is 2.41. The third-order valence-electron chi connectivity index (χ3n) is 8.64. The molecule has 238 valence electrons.